The molecule has 4 bridgehead atoms. The number of Topliss-reactive ketones (excluding diaryl/α,β-unsaturated/α-hetero) is 2. The van der Waals surface area contributed by atoms with Crippen LogP contribution in [-0.2, 0) is 9.59 Å². The Morgan fingerprint density at radius 3 is 1.61 bits per heavy atom. The van der Waals surface area contributed by atoms with Gasteiger partial charge in [-0.15, -0.1) is 0 Å². The maximum absolute atomic E-state index is 11.6. The summed E-state index contributed by atoms with van der Waals surface area (Å²) in [6, 6.07) is 0. The van der Waals surface area contributed by atoms with Gasteiger partial charge in [-0.25, -0.2) is 0 Å². The van der Waals surface area contributed by atoms with Crippen molar-refractivity contribution < 1.29 is 9.59 Å². The van der Waals surface area contributed by atoms with Crippen molar-refractivity contribution >= 4 is 11.6 Å². The van der Waals surface area contributed by atoms with Gasteiger partial charge in [-0.3, -0.25) is 0 Å². The van der Waals surface area contributed by atoms with Crippen LogP contribution < -0.4 is 0 Å². The van der Waals surface area contributed by atoms with E-state index in [1.165, 1.54) is 32.1 Å². The monoisotopic (exact) mass is 248 g/mol. The van der Waals surface area contributed by atoms with Gasteiger partial charge in [-0.1, -0.05) is 0 Å². The molecule has 0 saturated heterocycles. The van der Waals surface area contributed by atoms with E-state index in [-0.39, 0.29) is 10.8 Å². The van der Waals surface area contributed by atoms with Gasteiger partial charge in [-0.2, -0.15) is 0 Å². The predicted molar refractivity (Wildman–Crippen MR) is 70.1 cm³/mol. The van der Waals surface area contributed by atoms with Crippen LogP contribution in [0.5, 0.6) is 0 Å². The molecule has 2 heteroatoms. The van der Waals surface area contributed by atoms with Crippen LogP contribution in [0.1, 0.15) is 65.2 Å². The fourth-order valence-electron chi connectivity index (χ4n) is 6.12. The highest BCUT2D eigenvalue weighted by molar-refractivity contribution is 5.77. The van der Waals surface area contributed by atoms with E-state index in [0.717, 1.165) is 31.1 Å². The molecule has 4 aliphatic rings. The lowest BCUT2D eigenvalue weighted by molar-refractivity contribution is -0.142. The standard InChI is InChI=1S/C16H24O2/c1-11(17)4-15-6-13-3-14(7-15)9-16(8-13,10-15)5-12(2)18/h13-14H,3-10H2,1-2H3. The zero-order valence-electron chi connectivity index (χ0n) is 11.6. The Morgan fingerprint density at radius 2 is 1.28 bits per heavy atom. The first-order chi connectivity index (χ1) is 8.40. The lowest BCUT2D eigenvalue weighted by Gasteiger charge is -2.62. The van der Waals surface area contributed by atoms with Crippen LogP contribution in [0.2, 0.25) is 0 Å². The molecule has 4 fully saturated rings. The molecule has 0 spiro atoms. The second kappa shape index (κ2) is 3.91. The molecule has 0 unspecified atom stereocenters. The number of ketones is 2. The summed E-state index contributed by atoms with van der Waals surface area (Å²) in [4.78, 5) is 23.2. The van der Waals surface area contributed by atoms with E-state index < -0.39 is 0 Å². The zero-order valence-corrected chi connectivity index (χ0v) is 11.6. The minimum atomic E-state index is 0.269. The summed E-state index contributed by atoms with van der Waals surface area (Å²) in [6.45, 7) is 3.46. The summed E-state index contributed by atoms with van der Waals surface area (Å²) in [5.74, 6) is 2.28. The number of rotatable bonds is 4. The molecule has 2 nitrogen and oxygen atoms in total. The van der Waals surface area contributed by atoms with E-state index in [9.17, 15) is 9.59 Å². The molecule has 0 N–H and O–H groups in total. The molecule has 4 aliphatic carbocycles. The average Bonchev–Trinajstić information content (AvgIpc) is 2.08. The summed E-state index contributed by atoms with van der Waals surface area (Å²) in [7, 11) is 0. The predicted octanol–water partition coefficient (Wildman–Crippen LogP) is 3.53. The third-order valence-electron chi connectivity index (χ3n) is 5.55. The maximum Gasteiger partial charge on any atom is 0.130 e. The molecule has 0 aromatic rings. The molecule has 0 aliphatic heterocycles. The minimum Gasteiger partial charge on any atom is -0.300 e. The highest BCUT2D eigenvalue weighted by Crippen LogP contribution is 2.67. The molecule has 0 amide bonds. The van der Waals surface area contributed by atoms with E-state index >= 15 is 0 Å². The Balaban J connectivity index is 1.87. The normalized spacial score (nSPS) is 45.2. The molecular weight excluding hydrogens is 224 g/mol. The highest BCUT2D eigenvalue weighted by atomic mass is 16.1. The number of carbonyl (C=O) groups is 2. The summed E-state index contributed by atoms with van der Waals surface area (Å²) in [5.41, 5.74) is 0.538. The third-order valence-corrected chi connectivity index (χ3v) is 5.55. The van der Waals surface area contributed by atoms with Crippen molar-refractivity contribution in [3.05, 3.63) is 0 Å². The Kier molecular flexibility index (Phi) is 2.69. The van der Waals surface area contributed by atoms with Crippen LogP contribution in [0, 0.1) is 22.7 Å². The molecule has 18 heavy (non-hydrogen) atoms. The lowest BCUT2D eigenvalue weighted by Crippen LogP contribution is -2.52. The molecule has 4 rings (SSSR count). The van der Waals surface area contributed by atoms with Crippen LogP contribution in [0.25, 0.3) is 0 Å². The fourth-order valence-corrected chi connectivity index (χ4v) is 6.12. The van der Waals surface area contributed by atoms with Crippen LogP contribution in [0.4, 0.5) is 0 Å². The van der Waals surface area contributed by atoms with Gasteiger partial charge < -0.3 is 9.59 Å². The molecule has 0 aromatic carbocycles. The average molecular weight is 248 g/mol. The van der Waals surface area contributed by atoms with Gasteiger partial charge in [0.15, 0.2) is 0 Å². The first-order valence-corrected chi connectivity index (χ1v) is 7.39. The number of hydrogen-bond acceptors (Lipinski definition) is 2. The first kappa shape index (κ1) is 12.4. The quantitative estimate of drug-likeness (QED) is 0.762. The van der Waals surface area contributed by atoms with E-state index in [0.29, 0.717) is 11.6 Å². The molecule has 0 atom stereocenters. The van der Waals surface area contributed by atoms with E-state index in [1.807, 2.05) is 0 Å². The maximum atomic E-state index is 11.6. The summed E-state index contributed by atoms with van der Waals surface area (Å²) in [5, 5.41) is 0. The van der Waals surface area contributed by atoms with Gasteiger partial charge >= 0.3 is 0 Å². The van der Waals surface area contributed by atoms with Crippen LogP contribution >= 0.6 is 0 Å². The van der Waals surface area contributed by atoms with Crippen molar-refractivity contribution in [2.24, 2.45) is 22.7 Å². The summed E-state index contributed by atoms with van der Waals surface area (Å²) >= 11 is 0. The van der Waals surface area contributed by atoms with E-state index in [1.54, 1.807) is 13.8 Å². The smallest absolute Gasteiger partial charge is 0.130 e. The van der Waals surface area contributed by atoms with Crippen molar-refractivity contribution in [1.82, 2.24) is 0 Å². The molecule has 0 aromatic heterocycles. The Bertz CT molecular complexity index is 348. The van der Waals surface area contributed by atoms with Crippen molar-refractivity contribution in [2.75, 3.05) is 0 Å². The van der Waals surface area contributed by atoms with E-state index in [2.05, 4.69) is 0 Å². The largest absolute Gasteiger partial charge is 0.300 e. The van der Waals surface area contributed by atoms with Crippen LogP contribution in [0.3, 0.4) is 0 Å². The van der Waals surface area contributed by atoms with Gasteiger partial charge in [0.05, 0.1) is 0 Å². The molecule has 4 saturated carbocycles. The van der Waals surface area contributed by atoms with Gasteiger partial charge in [-0.05, 0) is 75.0 Å². The summed E-state index contributed by atoms with van der Waals surface area (Å²) < 4.78 is 0. The fraction of sp³-hybridized carbons (Fsp3) is 0.875. The van der Waals surface area contributed by atoms with Crippen molar-refractivity contribution in [1.29, 1.82) is 0 Å². The van der Waals surface area contributed by atoms with Crippen molar-refractivity contribution in [2.45, 2.75) is 65.2 Å². The van der Waals surface area contributed by atoms with Gasteiger partial charge in [0.2, 0.25) is 0 Å². The SMILES string of the molecule is CC(=O)CC12CC3CC(C1)CC(CC(C)=O)(C3)C2. The Labute approximate surface area is 110 Å². The van der Waals surface area contributed by atoms with Crippen LogP contribution in [-0.4, -0.2) is 11.6 Å². The number of hydrogen-bond donors (Lipinski definition) is 0. The highest BCUT2D eigenvalue weighted by Gasteiger charge is 2.57. The second-order valence-electron chi connectivity index (χ2n) is 7.72. The topological polar surface area (TPSA) is 34.1 Å². The summed E-state index contributed by atoms with van der Waals surface area (Å²) in [6.07, 6.45) is 9.04. The van der Waals surface area contributed by atoms with Crippen LogP contribution in [0.15, 0.2) is 0 Å². The second-order valence-corrected chi connectivity index (χ2v) is 7.72. The zero-order chi connectivity index (χ0) is 13.0. The third kappa shape index (κ3) is 2.04. The first-order valence-electron chi connectivity index (χ1n) is 7.39. The minimum absolute atomic E-state index is 0.269. The lowest BCUT2D eigenvalue weighted by atomic mass is 9.42. The Morgan fingerprint density at radius 1 is 0.889 bits per heavy atom. The molecule has 100 valence electrons. The van der Waals surface area contributed by atoms with E-state index in [4.69, 9.17) is 0 Å². The van der Waals surface area contributed by atoms with Crippen molar-refractivity contribution in [3.63, 3.8) is 0 Å². The Hall–Kier alpha value is -0.660. The van der Waals surface area contributed by atoms with Gasteiger partial charge in [0.25, 0.3) is 0 Å². The number of carbonyl (C=O) groups excluding carboxylic acids is 2. The van der Waals surface area contributed by atoms with Crippen molar-refractivity contribution in [3.8, 4) is 0 Å². The molecule has 0 heterocycles. The van der Waals surface area contributed by atoms with Gasteiger partial charge in [0, 0.05) is 12.8 Å². The molecular formula is C16H24O2. The molecule has 0 radical (unpaired) electrons. The van der Waals surface area contributed by atoms with Gasteiger partial charge in [0.1, 0.15) is 11.6 Å².